The zero-order valence-electron chi connectivity index (χ0n) is 9.44. The highest BCUT2D eigenvalue weighted by molar-refractivity contribution is 5.98. The number of rotatable bonds is 1. The first-order valence-corrected chi connectivity index (χ1v) is 5.81. The van der Waals surface area contributed by atoms with Gasteiger partial charge in [-0.25, -0.2) is 5.06 Å². The molecule has 1 saturated heterocycles. The van der Waals surface area contributed by atoms with E-state index >= 15 is 0 Å². The van der Waals surface area contributed by atoms with Gasteiger partial charge in [-0.1, -0.05) is 6.07 Å². The largest absolute Gasteiger partial charge is 0.489 e. The number of nitrogens with zero attached hydrogens (tertiary/aromatic N) is 1. The summed E-state index contributed by atoms with van der Waals surface area (Å²) in [5.41, 5.74) is 1.44. The van der Waals surface area contributed by atoms with Crippen LogP contribution in [0.5, 0.6) is 5.75 Å². The first-order valence-electron chi connectivity index (χ1n) is 5.81. The molecule has 0 radical (unpaired) electrons. The molecule has 90 valence electrons. The molecule has 17 heavy (non-hydrogen) atoms. The van der Waals surface area contributed by atoms with Crippen LogP contribution in [0.3, 0.4) is 0 Å². The lowest BCUT2D eigenvalue weighted by molar-refractivity contribution is -0.0770. The molecule has 0 unspecified atom stereocenters. The van der Waals surface area contributed by atoms with Crippen LogP contribution in [0.4, 0.5) is 5.69 Å². The van der Waals surface area contributed by atoms with Gasteiger partial charge in [-0.15, -0.1) is 0 Å². The number of carbonyl (C=O) groups is 1. The Morgan fingerprint density at radius 3 is 3.12 bits per heavy atom. The van der Waals surface area contributed by atoms with Crippen LogP contribution >= 0.6 is 0 Å². The average molecular weight is 234 g/mol. The van der Waals surface area contributed by atoms with Crippen molar-refractivity contribution in [1.82, 2.24) is 5.06 Å². The zero-order valence-corrected chi connectivity index (χ0v) is 9.44. The molecule has 2 aliphatic rings. The Hall–Kier alpha value is -1.75. The van der Waals surface area contributed by atoms with Gasteiger partial charge in [-0.3, -0.25) is 9.63 Å². The number of carbonyl (C=O) groups excluding carboxylic acids is 1. The molecular formula is C12H14N2O3. The van der Waals surface area contributed by atoms with Crippen LogP contribution in [0.2, 0.25) is 0 Å². The number of anilines is 1. The molecule has 5 nitrogen and oxygen atoms in total. The predicted octanol–water partition coefficient (Wildman–Crippen LogP) is 1.27. The summed E-state index contributed by atoms with van der Waals surface area (Å²) >= 11 is 0. The summed E-state index contributed by atoms with van der Waals surface area (Å²) in [6, 6.07) is 5.54. The zero-order chi connectivity index (χ0) is 11.7. The minimum atomic E-state index is -0.122. The summed E-state index contributed by atoms with van der Waals surface area (Å²) in [6.07, 6.45) is 0.889. The van der Waals surface area contributed by atoms with Crippen molar-refractivity contribution in [2.24, 2.45) is 0 Å². The topological polar surface area (TPSA) is 50.8 Å². The second kappa shape index (κ2) is 4.25. The molecule has 0 spiro atoms. The number of amides is 1. The molecule has 0 aliphatic carbocycles. The van der Waals surface area contributed by atoms with Crippen LogP contribution in [0.15, 0.2) is 18.2 Å². The number of fused-ring (bicyclic) bond motifs is 1. The second-order valence-electron chi connectivity index (χ2n) is 4.05. The first-order chi connectivity index (χ1) is 8.36. The number of ether oxygens (including phenoxy) is 1. The standard InChI is InChI=1S/C12H14N2O3/c15-12(14-6-2-7-17-14)9-3-1-4-10-11(9)16-8-5-13-10/h1,3-4,13H,2,5-8H2. The summed E-state index contributed by atoms with van der Waals surface area (Å²) < 4.78 is 5.57. The lowest BCUT2D eigenvalue weighted by Crippen LogP contribution is -2.28. The van der Waals surface area contributed by atoms with Gasteiger partial charge >= 0.3 is 0 Å². The Kier molecular flexibility index (Phi) is 2.60. The van der Waals surface area contributed by atoms with Gasteiger partial charge in [0.25, 0.3) is 5.91 Å². The van der Waals surface area contributed by atoms with Crippen LogP contribution in [-0.2, 0) is 4.84 Å². The van der Waals surface area contributed by atoms with Crippen molar-refractivity contribution >= 4 is 11.6 Å². The van der Waals surface area contributed by atoms with Crippen molar-refractivity contribution in [3.8, 4) is 5.75 Å². The number of nitrogens with one attached hydrogen (secondary N) is 1. The second-order valence-corrected chi connectivity index (χ2v) is 4.05. The Balaban J connectivity index is 1.94. The fraction of sp³-hybridized carbons (Fsp3) is 0.417. The molecule has 0 saturated carbocycles. The third-order valence-electron chi connectivity index (χ3n) is 2.89. The normalized spacial score (nSPS) is 18.2. The summed E-state index contributed by atoms with van der Waals surface area (Å²) in [4.78, 5) is 17.5. The molecule has 1 fully saturated rings. The van der Waals surface area contributed by atoms with E-state index < -0.39 is 0 Å². The third-order valence-corrected chi connectivity index (χ3v) is 2.89. The van der Waals surface area contributed by atoms with E-state index in [1.807, 2.05) is 12.1 Å². The van der Waals surface area contributed by atoms with Crippen LogP contribution in [0.1, 0.15) is 16.8 Å². The summed E-state index contributed by atoms with van der Waals surface area (Å²) in [5, 5.41) is 4.62. The molecule has 0 aromatic heterocycles. The lowest BCUT2D eigenvalue weighted by Gasteiger charge is -2.23. The monoisotopic (exact) mass is 234 g/mol. The average Bonchev–Trinajstić information content (AvgIpc) is 2.91. The van der Waals surface area contributed by atoms with Crippen LogP contribution in [-0.4, -0.2) is 37.3 Å². The molecule has 5 heteroatoms. The van der Waals surface area contributed by atoms with E-state index in [2.05, 4.69) is 5.32 Å². The maximum atomic E-state index is 12.2. The Labute approximate surface area is 99.3 Å². The van der Waals surface area contributed by atoms with Crippen molar-refractivity contribution in [3.05, 3.63) is 23.8 Å². The first kappa shape index (κ1) is 10.4. The van der Waals surface area contributed by atoms with E-state index in [1.54, 1.807) is 6.07 Å². The molecule has 2 heterocycles. The molecule has 2 aliphatic heterocycles. The fourth-order valence-corrected chi connectivity index (χ4v) is 2.08. The number of hydrogen-bond acceptors (Lipinski definition) is 4. The fourth-order valence-electron chi connectivity index (χ4n) is 2.08. The third kappa shape index (κ3) is 1.82. The highest BCUT2D eigenvalue weighted by atomic mass is 16.7. The van der Waals surface area contributed by atoms with E-state index in [0.717, 1.165) is 18.7 Å². The maximum absolute atomic E-state index is 12.2. The van der Waals surface area contributed by atoms with Gasteiger partial charge in [0.15, 0.2) is 5.75 Å². The summed E-state index contributed by atoms with van der Waals surface area (Å²) in [7, 11) is 0. The van der Waals surface area contributed by atoms with Crippen molar-refractivity contribution in [2.75, 3.05) is 31.6 Å². The van der Waals surface area contributed by atoms with Gasteiger partial charge in [0, 0.05) is 6.54 Å². The molecule has 1 aromatic carbocycles. The predicted molar refractivity (Wildman–Crippen MR) is 62.0 cm³/mol. The van der Waals surface area contributed by atoms with Crippen molar-refractivity contribution in [2.45, 2.75) is 6.42 Å². The van der Waals surface area contributed by atoms with Crippen LogP contribution in [0.25, 0.3) is 0 Å². The van der Waals surface area contributed by atoms with Gasteiger partial charge in [-0.05, 0) is 18.6 Å². The Bertz CT molecular complexity index is 441. The number of para-hydroxylation sites is 1. The summed E-state index contributed by atoms with van der Waals surface area (Å²) in [5.74, 6) is 0.516. The highest BCUT2D eigenvalue weighted by Crippen LogP contribution is 2.32. The van der Waals surface area contributed by atoms with E-state index in [0.29, 0.717) is 31.1 Å². The van der Waals surface area contributed by atoms with Gasteiger partial charge in [0.1, 0.15) is 6.61 Å². The van der Waals surface area contributed by atoms with Gasteiger partial charge in [-0.2, -0.15) is 0 Å². The molecule has 0 atom stereocenters. The van der Waals surface area contributed by atoms with E-state index in [4.69, 9.17) is 9.57 Å². The molecule has 1 amide bonds. The highest BCUT2D eigenvalue weighted by Gasteiger charge is 2.26. The van der Waals surface area contributed by atoms with Crippen molar-refractivity contribution < 1.29 is 14.4 Å². The quantitative estimate of drug-likeness (QED) is 0.795. The number of benzene rings is 1. The van der Waals surface area contributed by atoms with E-state index in [1.165, 1.54) is 5.06 Å². The van der Waals surface area contributed by atoms with Gasteiger partial charge < -0.3 is 10.1 Å². The SMILES string of the molecule is O=C(c1cccc2c1OCCN2)N1CCCO1. The van der Waals surface area contributed by atoms with Crippen LogP contribution < -0.4 is 10.1 Å². The minimum Gasteiger partial charge on any atom is -0.489 e. The van der Waals surface area contributed by atoms with Crippen molar-refractivity contribution in [1.29, 1.82) is 0 Å². The van der Waals surface area contributed by atoms with Crippen LogP contribution in [0, 0.1) is 0 Å². The van der Waals surface area contributed by atoms with Gasteiger partial charge in [0.2, 0.25) is 0 Å². The Morgan fingerprint density at radius 2 is 2.29 bits per heavy atom. The molecule has 1 aromatic rings. The minimum absolute atomic E-state index is 0.122. The maximum Gasteiger partial charge on any atom is 0.281 e. The molecule has 3 rings (SSSR count). The van der Waals surface area contributed by atoms with Crippen molar-refractivity contribution in [3.63, 3.8) is 0 Å². The lowest BCUT2D eigenvalue weighted by atomic mass is 10.1. The molecule has 1 N–H and O–H groups in total. The van der Waals surface area contributed by atoms with E-state index in [-0.39, 0.29) is 5.91 Å². The number of hydrogen-bond donors (Lipinski definition) is 1. The number of hydroxylamine groups is 2. The molecule has 0 bridgehead atoms. The Morgan fingerprint density at radius 1 is 1.35 bits per heavy atom. The van der Waals surface area contributed by atoms with E-state index in [9.17, 15) is 4.79 Å². The molecular weight excluding hydrogens is 220 g/mol. The van der Waals surface area contributed by atoms with Gasteiger partial charge in [0.05, 0.1) is 24.4 Å². The smallest absolute Gasteiger partial charge is 0.281 e. The summed E-state index contributed by atoms with van der Waals surface area (Å²) in [6.45, 7) is 2.61.